The van der Waals surface area contributed by atoms with Crippen LogP contribution in [-0.4, -0.2) is 25.0 Å². The lowest BCUT2D eigenvalue weighted by Gasteiger charge is -2.37. The monoisotopic (exact) mass is 277 g/mol. The number of hydrogen-bond donors (Lipinski definition) is 0. The van der Waals surface area contributed by atoms with Crippen LogP contribution in [0.2, 0.25) is 0 Å². The molecule has 21 heavy (non-hydrogen) atoms. The standard InChI is InChI=1S/C20H23N/c1-14-9-5-6-10-16(14)19-13-20(21(3)4)15(2)17-11-7-8-12-18(17)19/h5-12,19-20H,2,13H2,1,3-4H3. The first-order valence-electron chi connectivity index (χ1n) is 7.59. The van der Waals surface area contributed by atoms with Crippen molar-refractivity contribution in [2.75, 3.05) is 14.1 Å². The topological polar surface area (TPSA) is 3.24 Å². The van der Waals surface area contributed by atoms with Crippen LogP contribution in [0.1, 0.15) is 34.6 Å². The van der Waals surface area contributed by atoms with Gasteiger partial charge in [-0.3, -0.25) is 0 Å². The molecule has 1 aliphatic carbocycles. The van der Waals surface area contributed by atoms with Gasteiger partial charge < -0.3 is 4.90 Å². The summed E-state index contributed by atoms with van der Waals surface area (Å²) in [6.45, 7) is 6.58. The number of rotatable bonds is 2. The highest BCUT2D eigenvalue weighted by Crippen LogP contribution is 2.43. The zero-order valence-corrected chi connectivity index (χ0v) is 13.1. The molecule has 2 aromatic carbocycles. The molecule has 0 radical (unpaired) electrons. The van der Waals surface area contributed by atoms with E-state index in [4.69, 9.17) is 0 Å². The fraction of sp³-hybridized carbons (Fsp3) is 0.300. The van der Waals surface area contributed by atoms with Crippen LogP contribution in [0.3, 0.4) is 0 Å². The van der Waals surface area contributed by atoms with E-state index < -0.39 is 0 Å². The summed E-state index contributed by atoms with van der Waals surface area (Å²) in [5.74, 6) is 0.459. The van der Waals surface area contributed by atoms with Gasteiger partial charge in [0.2, 0.25) is 0 Å². The van der Waals surface area contributed by atoms with Crippen molar-refractivity contribution >= 4 is 5.57 Å². The number of nitrogens with zero attached hydrogens (tertiary/aromatic N) is 1. The first kappa shape index (κ1) is 14.1. The summed E-state index contributed by atoms with van der Waals surface area (Å²) in [6.07, 6.45) is 1.10. The Labute approximate surface area is 127 Å². The van der Waals surface area contributed by atoms with Crippen LogP contribution in [0, 0.1) is 6.92 Å². The molecule has 0 saturated heterocycles. The smallest absolute Gasteiger partial charge is 0.0351 e. The third kappa shape index (κ3) is 2.43. The average molecular weight is 277 g/mol. The van der Waals surface area contributed by atoms with Crippen molar-refractivity contribution in [3.63, 3.8) is 0 Å². The van der Waals surface area contributed by atoms with Crippen molar-refractivity contribution in [2.24, 2.45) is 0 Å². The van der Waals surface area contributed by atoms with Crippen molar-refractivity contribution in [1.82, 2.24) is 4.90 Å². The summed E-state index contributed by atoms with van der Waals surface area (Å²) in [7, 11) is 4.30. The van der Waals surface area contributed by atoms with Crippen LogP contribution in [0.25, 0.3) is 5.57 Å². The van der Waals surface area contributed by atoms with E-state index in [9.17, 15) is 0 Å². The first-order chi connectivity index (χ1) is 10.1. The zero-order valence-electron chi connectivity index (χ0n) is 13.1. The molecule has 1 heteroatoms. The van der Waals surface area contributed by atoms with Crippen molar-refractivity contribution in [3.8, 4) is 0 Å². The molecule has 0 spiro atoms. The summed E-state index contributed by atoms with van der Waals surface area (Å²) < 4.78 is 0. The van der Waals surface area contributed by atoms with E-state index in [1.165, 1.54) is 27.8 Å². The van der Waals surface area contributed by atoms with Crippen molar-refractivity contribution < 1.29 is 0 Å². The van der Waals surface area contributed by atoms with E-state index in [1.54, 1.807) is 0 Å². The van der Waals surface area contributed by atoms with Gasteiger partial charge >= 0.3 is 0 Å². The van der Waals surface area contributed by atoms with Gasteiger partial charge in [-0.2, -0.15) is 0 Å². The number of hydrogen-bond acceptors (Lipinski definition) is 1. The molecule has 0 aromatic heterocycles. The van der Waals surface area contributed by atoms with Gasteiger partial charge in [0.1, 0.15) is 0 Å². The van der Waals surface area contributed by atoms with Gasteiger partial charge in [0, 0.05) is 12.0 Å². The molecule has 2 atom stereocenters. The maximum atomic E-state index is 4.37. The van der Waals surface area contributed by atoms with E-state index in [0.29, 0.717) is 12.0 Å². The van der Waals surface area contributed by atoms with Crippen LogP contribution >= 0.6 is 0 Å². The van der Waals surface area contributed by atoms with E-state index >= 15 is 0 Å². The lowest BCUT2D eigenvalue weighted by atomic mass is 9.73. The Morgan fingerprint density at radius 1 is 0.952 bits per heavy atom. The molecule has 0 N–H and O–H groups in total. The number of aryl methyl sites for hydroxylation is 1. The van der Waals surface area contributed by atoms with Crippen molar-refractivity contribution in [1.29, 1.82) is 0 Å². The Balaban J connectivity index is 2.15. The van der Waals surface area contributed by atoms with E-state index in [0.717, 1.165) is 6.42 Å². The van der Waals surface area contributed by atoms with E-state index in [2.05, 4.69) is 81.0 Å². The van der Waals surface area contributed by atoms with E-state index in [1.807, 2.05) is 0 Å². The molecule has 1 aliphatic rings. The largest absolute Gasteiger partial charge is 0.302 e. The molecule has 0 aliphatic heterocycles. The molecule has 108 valence electrons. The second-order valence-corrected chi connectivity index (χ2v) is 6.24. The van der Waals surface area contributed by atoms with Crippen LogP contribution in [0.4, 0.5) is 0 Å². The van der Waals surface area contributed by atoms with Gasteiger partial charge in [-0.15, -0.1) is 0 Å². The molecular formula is C20H23N. The van der Waals surface area contributed by atoms with E-state index in [-0.39, 0.29) is 0 Å². The van der Waals surface area contributed by atoms with Gasteiger partial charge in [-0.1, -0.05) is 55.1 Å². The van der Waals surface area contributed by atoms with Gasteiger partial charge in [-0.05, 0) is 55.3 Å². The van der Waals surface area contributed by atoms with Gasteiger partial charge in [0.15, 0.2) is 0 Å². The lowest BCUT2D eigenvalue weighted by molar-refractivity contribution is 0.322. The number of benzene rings is 2. The fourth-order valence-corrected chi connectivity index (χ4v) is 3.56. The molecule has 1 nitrogen and oxygen atoms in total. The maximum Gasteiger partial charge on any atom is 0.0351 e. The first-order valence-corrected chi connectivity index (χ1v) is 7.59. The van der Waals surface area contributed by atoms with Gasteiger partial charge in [0.25, 0.3) is 0 Å². The predicted octanol–water partition coefficient (Wildman–Crippen LogP) is 4.47. The van der Waals surface area contributed by atoms with Crippen molar-refractivity contribution in [2.45, 2.75) is 25.3 Å². The number of fused-ring (bicyclic) bond motifs is 1. The quantitative estimate of drug-likeness (QED) is 0.782. The molecule has 0 amide bonds. The Kier molecular flexibility index (Phi) is 3.69. The maximum absolute atomic E-state index is 4.37. The summed E-state index contributed by atoms with van der Waals surface area (Å²) in [5.41, 5.74) is 6.83. The summed E-state index contributed by atoms with van der Waals surface area (Å²) >= 11 is 0. The average Bonchev–Trinajstić information content (AvgIpc) is 2.48. The van der Waals surface area contributed by atoms with Crippen LogP contribution < -0.4 is 0 Å². The highest BCUT2D eigenvalue weighted by Gasteiger charge is 2.31. The molecule has 0 fully saturated rings. The third-order valence-corrected chi connectivity index (χ3v) is 4.73. The van der Waals surface area contributed by atoms with Gasteiger partial charge in [0.05, 0.1) is 0 Å². The highest BCUT2D eigenvalue weighted by molar-refractivity contribution is 5.73. The zero-order chi connectivity index (χ0) is 15.0. The van der Waals surface area contributed by atoms with Crippen LogP contribution in [-0.2, 0) is 0 Å². The number of likely N-dealkylation sites (N-methyl/N-ethyl adjacent to an activating group) is 1. The second-order valence-electron chi connectivity index (χ2n) is 6.24. The molecule has 3 rings (SSSR count). The Morgan fingerprint density at radius 3 is 2.24 bits per heavy atom. The molecule has 2 unspecified atom stereocenters. The normalized spacial score (nSPS) is 21.4. The molecular weight excluding hydrogens is 254 g/mol. The van der Waals surface area contributed by atoms with Gasteiger partial charge in [-0.25, -0.2) is 0 Å². The Hall–Kier alpha value is -1.86. The summed E-state index contributed by atoms with van der Waals surface area (Å²) in [4.78, 5) is 2.30. The minimum absolute atomic E-state index is 0.407. The van der Waals surface area contributed by atoms with Crippen LogP contribution in [0.15, 0.2) is 55.1 Å². The summed E-state index contributed by atoms with van der Waals surface area (Å²) in [5, 5.41) is 0. The second kappa shape index (κ2) is 5.50. The molecule has 0 heterocycles. The molecule has 0 saturated carbocycles. The molecule has 0 bridgehead atoms. The SMILES string of the molecule is C=C1c2ccccc2C(c2ccccc2C)CC1N(C)C. The summed E-state index contributed by atoms with van der Waals surface area (Å²) in [6, 6.07) is 17.9. The minimum atomic E-state index is 0.407. The minimum Gasteiger partial charge on any atom is -0.302 e. The highest BCUT2D eigenvalue weighted by atomic mass is 15.1. The van der Waals surface area contributed by atoms with Crippen LogP contribution in [0.5, 0.6) is 0 Å². The Morgan fingerprint density at radius 2 is 1.57 bits per heavy atom. The lowest BCUT2D eigenvalue weighted by Crippen LogP contribution is -2.34. The molecule has 2 aromatic rings. The predicted molar refractivity (Wildman–Crippen MR) is 90.6 cm³/mol. The Bertz CT molecular complexity index is 669. The van der Waals surface area contributed by atoms with Crippen molar-refractivity contribution in [3.05, 3.63) is 77.4 Å². The fourth-order valence-electron chi connectivity index (χ4n) is 3.56. The third-order valence-electron chi connectivity index (χ3n) is 4.73.